The standard InChI is InChI=1S/C44H67NO5.CH4O/c1-28(2)38-32(47)24-44(23-19-36(48)45-26-29-12-10-9-11-13-29)22-16-31-30(39(38)44)14-15-34-42(31,7)20-17-33-41(5,6)35(18-21-43(33,34)8)50-37(49)25-40(3,4)27-46;1-2/h19,23,27-31,33-35H,9-18,20-22,24-26H2,1-8H3,(H,45,48);2H,1H3/b23-19+;. The van der Waals surface area contributed by atoms with Crippen molar-refractivity contribution < 1.29 is 29.0 Å². The van der Waals surface area contributed by atoms with Crippen molar-refractivity contribution in [1.29, 1.82) is 0 Å². The first kappa shape index (κ1) is 40.9. The highest BCUT2D eigenvalue weighted by molar-refractivity contribution is 6.01. The lowest BCUT2D eigenvalue weighted by Gasteiger charge is -2.68. The number of hydrogen-bond acceptors (Lipinski definition) is 6. The molecular formula is C45H71NO6. The number of aliphatic hydroxyl groups excluding tert-OH is 1. The quantitative estimate of drug-likeness (QED) is 0.140. The molecule has 6 aliphatic carbocycles. The third-order valence-corrected chi connectivity index (χ3v) is 15.6. The number of hydrogen-bond donors (Lipinski definition) is 2. The summed E-state index contributed by atoms with van der Waals surface area (Å²) < 4.78 is 6.20. The number of ether oxygens (including phenoxy) is 1. The molecule has 0 aromatic carbocycles. The van der Waals surface area contributed by atoms with E-state index in [-0.39, 0.29) is 52.0 Å². The zero-order valence-corrected chi connectivity index (χ0v) is 34.1. The summed E-state index contributed by atoms with van der Waals surface area (Å²) in [5, 5.41) is 10.2. The van der Waals surface area contributed by atoms with Gasteiger partial charge in [-0.05, 0) is 128 Å². The van der Waals surface area contributed by atoms with E-state index >= 15 is 0 Å². The number of aldehydes is 1. The highest BCUT2D eigenvalue weighted by Crippen LogP contribution is 2.73. The van der Waals surface area contributed by atoms with Crippen LogP contribution in [-0.4, -0.2) is 48.8 Å². The molecular weight excluding hydrogens is 650 g/mol. The summed E-state index contributed by atoms with van der Waals surface area (Å²) in [6.45, 7) is 18.5. The molecule has 0 aromatic heterocycles. The van der Waals surface area contributed by atoms with Gasteiger partial charge in [-0.15, -0.1) is 0 Å². The van der Waals surface area contributed by atoms with Crippen molar-refractivity contribution in [3.63, 3.8) is 0 Å². The van der Waals surface area contributed by atoms with Gasteiger partial charge in [0.25, 0.3) is 0 Å². The van der Waals surface area contributed by atoms with Crippen LogP contribution in [0.2, 0.25) is 0 Å². The number of ketones is 1. The zero-order chi connectivity index (χ0) is 38.3. The number of aliphatic hydroxyl groups is 1. The normalized spacial score (nSPS) is 37.3. The van der Waals surface area contributed by atoms with Crippen LogP contribution >= 0.6 is 0 Å². The lowest BCUT2D eigenvalue weighted by Crippen LogP contribution is -2.63. The molecule has 52 heavy (non-hydrogen) atoms. The second-order valence-corrected chi connectivity index (χ2v) is 19.9. The minimum Gasteiger partial charge on any atom is -0.462 e. The zero-order valence-electron chi connectivity index (χ0n) is 34.1. The van der Waals surface area contributed by atoms with Crippen LogP contribution in [0.1, 0.15) is 152 Å². The molecule has 292 valence electrons. The Kier molecular flexibility index (Phi) is 12.2. The molecule has 2 N–H and O–H groups in total. The Bertz CT molecular complexity index is 1420. The minimum absolute atomic E-state index is 0.00451. The first-order valence-corrected chi connectivity index (χ1v) is 20.8. The largest absolute Gasteiger partial charge is 0.462 e. The van der Waals surface area contributed by atoms with Crippen molar-refractivity contribution >= 4 is 23.9 Å². The van der Waals surface area contributed by atoms with Gasteiger partial charge in [-0.3, -0.25) is 14.4 Å². The van der Waals surface area contributed by atoms with Crippen LogP contribution in [0.15, 0.2) is 23.3 Å². The number of esters is 1. The molecule has 0 spiro atoms. The van der Waals surface area contributed by atoms with Gasteiger partial charge in [0.05, 0.1) is 6.42 Å². The summed E-state index contributed by atoms with van der Waals surface area (Å²) in [5.41, 5.74) is 1.60. The molecule has 5 saturated carbocycles. The minimum atomic E-state index is -0.710. The summed E-state index contributed by atoms with van der Waals surface area (Å²) >= 11 is 0. The SMILES string of the molecule is CC(C)C1=C2C3CCC4C(C)(CCC5C(C)(C)C(OC(=O)CC(C)(C)C=O)CCC54C)C3CCC2(/C=C/C(=O)NCC2CCCCC2)CC1=O.CO. The van der Waals surface area contributed by atoms with Gasteiger partial charge in [-0.2, -0.15) is 0 Å². The maximum absolute atomic E-state index is 13.9. The molecule has 0 radical (unpaired) electrons. The molecule has 7 nitrogen and oxygen atoms in total. The number of carbonyl (C=O) groups excluding carboxylic acids is 4. The molecule has 1 amide bonds. The predicted octanol–water partition coefficient (Wildman–Crippen LogP) is 8.97. The van der Waals surface area contributed by atoms with E-state index in [2.05, 4.69) is 52.9 Å². The Labute approximate surface area is 314 Å². The first-order chi connectivity index (χ1) is 24.5. The van der Waals surface area contributed by atoms with E-state index in [9.17, 15) is 19.2 Å². The van der Waals surface area contributed by atoms with E-state index in [1.807, 2.05) is 0 Å². The van der Waals surface area contributed by atoms with Gasteiger partial charge in [0.2, 0.25) is 5.91 Å². The predicted molar refractivity (Wildman–Crippen MR) is 206 cm³/mol. The monoisotopic (exact) mass is 722 g/mol. The van der Waals surface area contributed by atoms with Crippen LogP contribution < -0.4 is 5.32 Å². The van der Waals surface area contributed by atoms with Crippen LogP contribution in [0.5, 0.6) is 0 Å². The highest BCUT2D eigenvalue weighted by Gasteiger charge is 2.66. The Morgan fingerprint density at radius 1 is 0.904 bits per heavy atom. The fourth-order valence-electron chi connectivity index (χ4n) is 13.3. The van der Waals surface area contributed by atoms with E-state index in [1.165, 1.54) is 37.7 Å². The molecule has 0 heterocycles. The summed E-state index contributed by atoms with van der Waals surface area (Å²) in [7, 11) is 1.00. The molecule has 8 atom stereocenters. The molecule has 0 bridgehead atoms. The highest BCUT2D eigenvalue weighted by atomic mass is 16.5. The molecule has 8 unspecified atom stereocenters. The van der Waals surface area contributed by atoms with Crippen molar-refractivity contribution in [2.75, 3.05) is 13.7 Å². The van der Waals surface area contributed by atoms with E-state index < -0.39 is 5.41 Å². The van der Waals surface area contributed by atoms with Gasteiger partial charge in [-0.25, -0.2) is 0 Å². The lowest BCUT2D eigenvalue weighted by atomic mass is 9.36. The van der Waals surface area contributed by atoms with Gasteiger partial charge in [0.15, 0.2) is 5.78 Å². The van der Waals surface area contributed by atoms with Crippen LogP contribution in [0.4, 0.5) is 0 Å². The van der Waals surface area contributed by atoms with Gasteiger partial charge in [-0.1, -0.05) is 80.7 Å². The maximum Gasteiger partial charge on any atom is 0.307 e. The van der Waals surface area contributed by atoms with Crippen LogP contribution in [0.3, 0.4) is 0 Å². The Morgan fingerprint density at radius 2 is 1.58 bits per heavy atom. The van der Waals surface area contributed by atoms with Crippen LogP contribution in [0, 0.1) is 62.6 Å². The molecule has 0 saturated heterocycles. The van der Waals surface area contributed by atoms with Gasteiger partial charge in [0, 0.05) is 36.3 Å². The number of nitrogens with one attached hydrogen (secondary N) is 1. The van der Waals surface area contributed by atoms with Crippen LogP contribution in [0.25, 0.3) is 0 Å². The average molecular weight is 722 g/mol. The van der Waals surface area contributed by atoms with Crippen molar-refractivity contribution in [3.05, 3.63) is 23.3 Å². The topological polar surface area (TPSA) is 110 Å². The summed E-state index contributed by atoms with van der Waals surface area (Å²) in [6.07, 6.45) is 20.1. The van der Waals surface area contributed by atoms with Gasteiger partial charge < -0.3 is 20.0 Å². The van der Waals surface area contributed by atoms with Crippen molar-refractivity contribution in [3.8, 4) is 0 Å². The molecule has 5 fully saturated rings. The number of fused-ring (bicyclic) bond motifs is 7. The van der Waals surface area contributed by atoms with E-state index in [1.54, 1.807) is 19.9 Å². The molecule has 6 aliphatic rings. The Balaban J connectivity index is 0.00000257. The van der Waals surface area contributed by atoms with E-state index in [4.69, 9.17) is 9.84 Å². The lowest BCUT2D eigenvalue weighted by molar-refractivity contribution is -0.213. The Hall–Kier alpha value is -2.28. The number of allylic oxidation sites excluding steroid dienone is 3. The third-order valence-electron chi connectivity index (χ3n) is 15.6. The molecule has 0 aliphatic heterocycles. The van der Waals surface area contributed by atoms with E-state index in [0.29, 0.717) is 41.8 Å². The first-order valence-electron chi connectivity index (χ1n) is 20.8. The number of amides is 1. The fourth-order valence-corrected chi connectivity index (χ4v) is 13.3. The average Bonchev–Trinajstić information content (AvgIpc) is 3.41. The van der Waals surface area contributed by atoms with E-state index in [0.717, 1.165) is 76.9 Å². The van der Waals surface area contributed by atoms with Gasteiger partial charge >= 0.3 is 5.97 Å². The Morgan fingerprint density at radius 3 is 2.23 bits per heavy atom. The summed E-state index contributed by atoms with van der Waals surface area (Å²) in [6, 6.07) is 0. The molecule has 6 rings (SSSR count). The summed E-state index contributed by atoms with van der Waals surface area (Å²) in [4.78, 5) is 51.6. The van der Waals surface area contributed by atoms with Gasteiger partial charge in [0.1, 0.15) is 12.4 Å². The number of rotatable bonds is 9. The maximum atomic E-state index is 13.9. The fraction of sp³-hybridized carbons (Fsp3) is 0.822. The molecule has 0 aromatic rings. The number of Topliss-reactive ketones (excluding diaryl/α,β-unsaturated/α-hetero) is 1. The smallest absolute Gasteiger partial charge is 0.307 e. The van der Waals surface area contributed by atoms with Crippen LogP contribution in [-0.2, 0) is 23.9 Å². The second-order valence-electron chi connectivity index (χ2n) is 19.9. The number of carbonyl (C=O) groups is 4. The van der Waals surface area contributed by atoms with Crippen molar-refractivity contribution in [2.45, 2.75) is 158 Å². The summed E-state index contributed by atoms with van der Waals surface area (Å²) in [5.74, 6) is 2.76. The second kappa shape index (κ2) is 15.5. The third kappa shape index (κ3) is 7.39. The van der Waals surface area contributed by atoms with Crippen molar-refractivity contribution in [2.24, 2.45) is 62.6 Å². The molecule has 7 heteroatoms. The van der Waals surface area contributed by atoms with Crippen molar-refractivity contribution in [1.82, 2.24) is 5.32 Å².